The van der Waals surface area contributed by atoms with E-state index in [9.17, 15) is 19.5 Å². The van der Waals surface area contributed by atoms with E-state index in [4.69, 9.17) is 25.4 Å². The number of aliphatic hydroxyl groups is 1. The highest BCUT2D eigenvalue weighted by Gasteiger charge is 2.15. The fourth-order valence-corrected chi connectivity index (χ4v) is 2.35. The van der Waals surface area contributed by atoms with Gasteiger partial charge in [0.1, 0.15) is 11.5 Å². The van der Waals surface area contributed by atoms with Crippen LogP contribution in [0.2, 0.25) is 0 Å². The highest BCUT2D eigenvalue weighted by molar-refractivity contribution is 6.01. The Kier molecular flexibility index (Phi) is 9.80. The smallest absolute Gasteiger partial charge is 0.336 e. The van der Waals surface area contributed by atoms with Gasteiger partial charge < -0.3 is 35.8 Å². The van der Waals surface area contributed by atoms with Crippen molar-refractivity contribution >= 4 is 17.8 Å². The van der Waals surface area contributed by atoms with Crippen molar-refractivity contribution in [2.75, 3.05) is 27.3 Å². The summed E-state index contributed by atoms with van der Waals surface area (Å²) in [6.07, 6.45) is -0.884. The molecule has 0 spiro atoms. The van der Waals surface area contributed by atoms with E-state index in [0.717, 1.165) is 0 Å². The Bertz CT molecular complexity index is 852. The maximum absolute atomic E-state index is 11.0. The fourth-order valence-electron chi connectivity index (χ4n) is 2.35. The molecule has 0 heterocycles. The van der Waals surface area contributed by atoms with Crippen molar-refractivity contribution in [1.29, 1.82) is 0 Å². The molecule has 2 rings (SSSR count). The van der Waals surface area contributed by atoms with E-state index in [0.29, 0.717) is 17.1 Å². The zero-order valence-electron chi connectivity index (χ0n) is 16.5. The summed E-state index contributed by atoms with van der Waals surface area (Å²) in [7, 11) is 3.05. The maximum Gasteiger partial charge on any atom is 0.336 e. The lowest BCUT2D eigenvalue weighted by Crippen LogP contribution is -2.33. The van der Waals surface area contributed by atoms with Crippen LogP contribution in [0, 0.1) is 0 Å². The monoisotopic (exact) mass is 420 g/mol. The number of benzene rings is 2. The second-order valence-corrected chi connectivity index (χ2v) is 5.79. The lowest BCUT2D eigenvalue weighted by molar-refractivity contribution is -0.120. The van der Waals surface area contributed by atoms with E-state index in [1.165, 1.54) is 38.5 Å². The summed E-state index contributed by atoms with van der Waals surface area (Å²) >= 11 is 0. The Labute approximate surface area is 172 Å². The summed E-state index contributed by atoms with van der Waals surface area (Å²) in [4.78, 5) is 31.9. The molecular weight excluding hydrogens is 396 g/mol. The molecule has 0 saturated heterocycles. The molecule has 10 heteroatoms. The molecule has 1 unspecified atom stereocenters. The van der Waals surface area contributed by atoms with Crippen LogP contribution in [0.5, 0.6) is 11.5 Å². The van der Waals surface area contributed by atoms with Gasteiger partial charge in [-0.15, -0.1) is 0 Å². The number of carbonyl (C=O) groups is 3. The van der Waals surface area contributed by atoms with Crippen LogP contribution in [-0.4, -0.2) is 60.5 Å². The van der Waals surface area contributed by atoms with Crippen molar-refractivity contribution in [3.05, 3.63) is 59.2 Å². The average molecular weight is 420 g/mol. The molecule has 0 aliphatic rings. The van der Waals surface area contributed by atoms with Crippen molar-refractivity contribution in [3.8, 4) is 11.5 Å². The first-order valence-corrected chi connectivity index (χ1v) is 8.67. The van der Waals surface area contributed by atoms with Gasteiger partial charge in [-0.2, -0.15) is 0 Å². The molecule has 162 valence electrons. The number of aromatic carboxylic acids is 2. The van der Waals surface area contributed by atoms with Crippen LogP contribution in [0.3, 0.4) is 0 Å². The standard InChI is InChI=1S/C12H18N2O4.C8H6O4/c1-17-8-3-4-11(18-2)9(5-8)10(15)7-14-12(16)6-13;9-7(10)5-3-1-2-4-6(5)8(11)12/h3-5,10,15H,6-7,13H2,1-2H3,(H,14,16);1-4H,(H,9,10)(H,11,12). The first-order chi connectivity index (χ1) is 14.2. The molecule has 0 saturated carbocycles. The van der Waals surface area contributed by atoms with E-state index >= 15 is 0 Å². The minimum atomic E-state index is -1.23. The number of carboxylic acids is 2. The Morgan fingerprint density at radius 1 is 1.00 bits per heavy atom. The van der Waals surface area contributed by atoms with E-state index in [1.807, 2.05) is 0 Å². The van der Waals surface area contributed by atoms with E-state index in [-0.39, 0.29) is 30.1 Å². The van der Waals surface area contributed by atoms with Crippen molar-refractivity contribution in [1.82, 2.24) is 5.32 Å². The van der Waals surface area contributed by atoms with Crippen molar-refractivity contribution in [3.63, 3.8) is 0 Å². The van der Waals surface area contributed by atoms with Gasteiger partial charge in [-0.1, -0.05) is 12.1 Å². The zero-order chi connectivity index (χ0) is 22.7. The Balaban J connectivity index is 0.000000325. The van der Waals surface area contributed by atoms with Crippen LogP contribution >= 0.6 is 0 Å². The summed E-state index contributed by atoms with van der Waals surface area (Å²) in [6, 6.07) is 10.6. The predicted molar refractivity (Wildman–Crippen MR) is 107 cm³/mol. The summed E-state index contributed by atoms with van der Waals surface area (Å²) in [5.41, 5.74) is 5.33. The van der Waals surface area contributed by atoms with E-state index in [2.05, 4.69) is 5.32 Å². The van der Waals surface area contributed by atoms with Crippen molar-refractivity contribution in [2.24, 2.45) is 5.73 Å². The normalized spacial score (nSPS) is 10.8. The number of carbonyl (C=O) groups excluding carboxylic acids is 1. The molecule has 0 aliphatic heterocycles. The van der Waals surface area contributed by atoms with Gasteiger partial charge in [-0.3, -0.25) is 4.79 Å². The van der Waals surface area contributed by atoms with Gasteiger partial charge in [0.2, 0.25) is 5.91 Å². The second-order valence-electron chi connectivity index (χ2n) is 5.79. The highest BCUT2D eigenvalue weighted by atomic mass is 16.5. The topological polar surface area (TPSA) is 168 Å². The number of aliphatic hydroxyl groups excluding tert-OH is 1. The van der Waals surface area contributed by atoms with Crippen LogP contribution < -0.4 is 20.5 Å². The van der Waals surface area contributed by atoms with Gasteiger partial charge in [-0.05, 0) is 30.3 Å². The lowest BCUT2D eigenvalue weighted by Gasteiger charge is -2.16. The third kappa shape index (κ3) is 7.08. The summed E-state index contributed by atoms with van der Waals surface area (Å²) in [5.74, 6) is -1.64. The molecule has 2 aromatic rings. The van der Waals surface area contributed by atoms with Crippen LogP contribution in [0.4, 0.5) is 0 Å². The molecule has 0 aromatic heterocycles. The molecule has 30 heavy (non-hydrogen) atoms. The molecule has 1 atom stereocenters. The number of rotatable bonds is 8. The van der Waals surface area contributed by atoms with Gasteiger partial charge in [0.15, 0.2) is 0 Å². The van der Waals surface area contributed by atoms with E-state index in [1.54, 1.807) is 18.2 Å². The molecule has 0 bridgehead atoms. The van der Waals surface area contributed by atoms with Crippen LogP contribution in [0.25, 0.3) is 0 Å². The number of nitrogens with two attached hydrogens (primary N) is 1. The number of amides is 1. The first kappa shape index (κ1) is 24.4. The van der Waals surface area contributed by atoms with Gasteiger partial charge in [0.05, 0.1) is 38.0 Å². The lowest BCUT2D eigenvalue weighted by atomic mass is 10.1. The number of hydrogen-bond acceptors (Lipinski definition) is 7. The van der Waals surface area contributed by atoms with Gasteiger partial charge in [0, 0.05) is 12.1 Å². The minimum Gasteiger partial charge on any atom is -0.497 e. The largest absolute Gasteiger partial charge is 0.497 e. The SMILES string of the molecule is COc1ccc(OC)c(C(O)CNC(=O)CN)c1.O=C(O)c1ccccc1C(=O)O. The average Bonchev–Trinajstić information content (AvgIpc) is 2.76. The van der Waals surface area contributed by atoms with Crippen LogP contribution in [-0.2, 0) is 4.79 Å². The fraction of sp³-hybridized carbons (Fsp3) is 0.250. The van der Waals surface area contributed by atoms with Crippen LogP contribution in [0.15, 0.2) is 42.5 Å². The molecule has 0 aliphatic carbocycles. The highest BCUT2D eigenvalue weighted by Crippen LogP contribution is 2.28. The Hall–Kier alpha value is -3.63. The van der Waals surface area contributed by atoms with Crippen molar-refractivity contribution in [2.45, 2.75) is 6.10 Å². The van der Waals surface area contributed by atoms with Gasteiger partial charge in [-0.25, -0.2) is 9.59 Å². The number of nitrogens with one attached hydrogen (secondary N) is 1. The second kappa shape index (κ2) is 12.0. The number of hydrogen-bond donors (Lipinski definition) is 5. The first-order valence-electron chi connectivity index (χ1n) is 8.67. The summed E-state index contributed by atoms with van der Waals surface area (Å²) < 4.78 is 10.2. The molecular formula is C20H24N2O8. The van der Waals surface area contributed by atoms with Crippen molar-refractivity contribution < 1.29 is 39.2 Å². The third-order valence-electron chi connectivity index (χ3n) is 3.86. The third-order valence-corrected chi connectivity index (χ3v) is 3.86. The Morgan fingerprint density at radius 2 is 1.57 bits per heavy atom. The van der Waals surface area contributed by atoms with E-state index < -0.39 is 18.0 Å². The molecule has 10 nitrogen and oxygen atoms in total. The maximum atomic E-state index is 11.0. The number of carboxylic acid groups (broad SMARTS) is 2. The number of ether oxygens (including phenoxy) is 2. The van der Waals surface area contributed by atoms with Crippen LogP contribution in [0.1, 0.15) is 32.4 Å². The number of methoxy groups -OCH3 is 2. The molecule has 0 radical (unpaired) electrons. The van der Waals surface area contributed by atoms with Gasteiger partial charge >= 0.3 is 11.9 Å². The zero-order valence-corrected chi connectivity index (χ0v) is 16.5. The minimum absolute atomic E-state index is 0.0690. The predicted octanol–water partition coefficient (Wildman–Crippen LogP) is 0.895. The molecule has 0 fully saturated rings. The van der Waals surface area contributed by atoms with Gasteiger partial charge in [0.25, 0.3) is 0 Å². The molecule has 6 N–H and O–H groups in total. The summed E-state index contributed by atoms with van der Waals surface area (Å²) in [5, 5.41) is 29.6. The Morgan fingerprint density at radius 3 is 2.00 bits per heavy atom. The quantitative estimate of drug-likeness (QED) is 0.416. The summed E-state index contributed by atoms with van der Waals surface area (Å²) in [6.45, 7) is -0.0402. The molecule has 2 aromatic carbocycles. The molecule has 1 amide bonds.